The Balaban J connectivity index is 2.90. The Morgan fingerprint density at radius 1 is 1.73 bits per heavy atom. The van der Waals surface area contributed by atoms with Crippen LogP contribution < -0.4 is 5.73 Å². The molecule has 1 rings (SSSR count). The smallest absolute Gasteiger partial charge is 0.119 e. The van der Waals surface area contributed by atoms with E-state index in [-0.39, 0.29) is 0 Å². The lowest BCUT2D eigenvalue weighted by Crippen LogP contribution is -1.91. The maximum atomic E-state index is 5.69. The standard InChI is InChI=1S/C7H9BrN2S/c1-2-11-7-6(9)3-5(8)4-10-7/h3-4H,2,9H2,1H3. The van der Waals surface area contributed by atoms with Crippen LogP contribution in [0.25, 0.3) is 0 Å². The van der Waals surface area contributed by atoms with E-state index in [9.17, 15) is 0 Å². The zero-order valence-corrected chi connectivity index (χ0v) is 8.58. The van der Waals surface area contributed by atoms with Crippen molar-refractivity contribution in [2.45, 2.75) is 11.9 Å². The Morgan fingerprint density at radius 2 is 2.45 bits per heavy atom. The zero-order chi connectivity index (χ0) is 8.27. The summed E-state index contributed by atoms with van der Waals surface area (Å²) in [6.45, 7) is 2.08. The number of nitrogen functional groups attached to an aromatic ring is 1. The number of nitrogens with two attached hydrogens (primary N) is 1. The molecule has 1 heterocycles. The molecule has 0 aliphatic carbocycles. The number of aromatic nitrogens is 1. The summed E-state index contributed by atoms with van der Waals surface area (Å²) < 4.78 is 0.926. The normalized spacial score (nSPS) is 10.0. The number of hydrogen-bond donors (Lipinski definition) is 1. The summed E-state index contributed by atoms with van der Waals surface area (Å²) in [4.78, 5) is 4.16. The number of nitrogens with zero attached hydrogens (tertiary/aromatic N) is 1. The molecule has 11 heavy (non-hydrogen) atoms. The van der Waals surface area contributed by atoms with Gasteiger partial charge >= 0.3 is 0 Å². The van der Waals surface area contributed by atoms with Crippen LogP contribution in [-0.4, -0.2) is 10.7 Å². The van der Waals surface area contributed by atoms with Crippen LogP contribution in [0.3, 0.4) is 0 Å². The molecule has 0 aliphatic heterocycles. The SMILES string of the molecule is CCSc1ncc(Br)cc1N. The maximum absolute atomic E-state index is 5.69. The van der Waals surface area contributed by atoms with E-state index in [2.05, 4.69) is 27.8 Å². The van der Waals surface area contributed by atoms with Crippen molar-refractivity contribution in [3.8, 4) is 0 Å². The first-order valence-corrected chi connectivity index (χ1v) is 5.05. The minimum atomic E-state index is 0.742. The first kappa shape index (κ1) is 8.87. The first-order valence-electron chi connectivity index (χ1n) is 3.28. The van der Waals surface area contributed by atoms with Crippen LogP contribution in [0.2, 0.25) is 0 Å². The van der Waals surface area contributed by atoms with Crippen LogP contribution in [0.1, 0.15) is 6.92 Å². The van der Waals surface area contributed by atoms with Crippen molar-refractivity contribution in [1.29, 1.82) is 0 Å². The van der Waals surface area contributed by atoms with Crippen molar-refractivity contribution in [1.82, 2.24) is 4.98 Å². The van der Waals surface area contributed by atoms with Gasteiger partial charge in [0.05, 0.1) is 5.69 Å². The fourth-order valence-corrected chi connectivity index (χ4v) is 1.67. The average molecular weight is 233 g/mol. The number of rotatable bonds is 2. The van der Waals surface area contributed by atoms with E-state index in [0.29, 0.717) is 0 Å². The maximum Gasteiger partial charge on any atom is 0.119 e. The van der Waals surface area contributed by atoms with Crippen molar-refractivity contribution >= 4 is 33.4 Å². The molecular weight excluding hydrogens is 224 g/mol. The topological polar surface area (TPSA) is 38.9 Å². The van der Waals surface area contributed by atoms with E-state index < -0.39 is 0 Å². The van der Waals surface area contributed by atoms with Gasteiger partial charge < -0.3 is 5.73 Å². The molecule has 0 bridgehead atoms. The third-order valence-electron chi connectivity index (χ3n) is 1.13. The van der Waals surface area contributed by atoms with Gasteiger partial charge in [0.15, 0.2) is 0 Å². The summed E-state index contributed by atoms with van der Waals surface area (Å²) in [5.41, 5.74) is 6.44. The predicted octanol–water partition coefficient (Wildman–Crippen LogP) is 2.54. The third-order valence-corrected chi connectivity index (χ3v) is 2.46. The molecule has 2 nitrogen and oxygen atoms in total. The molecule has 0 radical (unpaired) electrons. The molecule has 0 spiro atoms. The van der Waals surface area contributed by atoms with E-state index in [1.54, 1.807) is 18.0 Å². The number of hydrogen-bond acceptors (Lipinski definition) is 3. The fourth-order valence-electron chi connectivity index (χ4n) is 0.700. The molecule has 1 aromatic heterocycles. The largest absolute Gasteiger partial charge is 0.397 e. The Hall–Kier alpha value is -0.220. The lowest BCUT2D eigenvalue weighted by Gasteiger charge is -2.01. The summed E-state index contributed by atoms with van der Waals surface area (Å²) in [5.74, 6) is 0.999. The van der Waals surface area contributed by atoms with E-state index in [1.165, 1.54) is 0 Å². The van der Waals surface area contributed by atoms with Gasteiger partial charge in [0, 0.05) is 10.7 Å². The molecule has 1 aromatic rings. The molecule has 0 unspecified atom stereocenters. The van der Waals surface area contributed by atoms with Gasteiger partial charge in [-0.1, -0.05) is 6.92 Å². The van der Waals surface area contributed by atoms with Crippen LogP contribution in [0.4, 0.5) is 5.69 Å². The van der Waals surface area contributed by atoms with Gasteiger partial charge in [-0.2, -0.15) is 0 Å². The number of thioether (sulfide) groups is 1. The van der Waals surface area contributed by atoms with Crippen LogP contribution >= 0.6 is 27.7 Å². The van der Waals surface area contributed by atoms with Gasteiger partial charge in [0.2, 0.25) is 0 Å². The number of pyridine rings is 1. The minimum absolute atomic E-state index is 0.742. The van der Waals surface area contributed by atoms with Crippen molar-refractivity contribution in [2.24, 2.45) is 0 Å². The van der Waals surface area contributed by atoms with Crippen LogP contribution in [0, 0.1) is 0 Å². The van der Waals surface area contributed by atoms with Gasteiger partial charge in [-0.05, 0) is 27.7 Å². The number of anilines is 1. The second-order valence-corrected chi connectivity index (χ2v) is 4.15. The van der Waals surface area contributed by atoms with Gasteiger partial charge in [-0.15, -0.1) is 11.8 Å². The molecule has 0 amide bonds. The highest BCUT2D eigenvalue weighted by atomic mass is 79.9. The predicted molar refractivity (Wildman–Crippen MR) is 52.7 cm³/mol. The average Bonchev–Trinajstić information content (AvgIpc) is 1.95. The lowest BCUT2D eigenvalue weighted by molar-refractivity contribution is 1.13. The molecule has 0 saturated carbocycles. The summed E-state index contributed by atoms with van der Waals surface area (Å²) in [7, 11) is 0. The Kier molecular flexibility index (Phi) is 3.20. The molecule has 2 N–H and O–H groups in total. The second-order valence-electron chi connectivity index (χ2n) is 1.98. The highest BCUT2D eigenvalue weighted by Crippen LogP contribution is 2.24. The first-order chi connectivity index (χ1) is 5.24. The van der Waals surface area contributed by atoms with Crippen molar-refractivity contribution in [2.75, 3.05) is 11.5 Å². The van der Waals surface area contributed by atoms with E-state index in [0.717, 1.165) is 20.9 Å². The Labute approximate surface area is 78.7 Å². The summed E-state index contributed by atoms with van der Waals surface area (Å²) >= 11 is 4.95. The van der Waals surface area contributed by atoms with E-state index >= 15 is 0 Å². The zero-order valence-electron chi connectivity index (χ0n) is 6.17. The van der Waals surface area contributed by atoms with Gasteiger partial charge in [0.25, 0.3) is 0 Å². The molecule has 0 aliphatic rings. The van der Waals surface area contributed by atoms with Crippen LogP contribution in [0.5, 0.6) is 0 Å². The molecular formula is C7H9BrN2S. The summed E-state index contributed by atoms with van der Waals surface area (Å²) in [5, 5.41) is 0.913. The van der Waals surface area contributed by atoms with E-state index in [4.69, 9.17) is 5.73 Å². The Bertz CT molecular complexity index is 252. The highest BCUT2D eigenvalue weighted by Gasteiger charge is 1.99. The molecule has 0 fully saturated rings. The quantitative estimate of drug-likeness (QED) is 0.798. The van der Waals surface area contributed by atoms with Crippen molar-refractivity contribution in [3.05, 3.63) is 16.7 Å². The van der Waals surface area contributed by atoms with Crippen LogP contribution in [0.15, 0.2) is 21.8 Å². The molecule has 0 saturated heterocycles. The summed E-state index contributed by atoms with van der Waals surface area (Å²) in [6.07, 6.45) is 1.76. The summed E-state index contributed by atoms with van der Waals surface area (Å²) in [6, 6.07) is 1.87. The van der Waals surface area contributed by atoms with Gasteiger partial charge in [-0.3, -0.25) is 0 Å². The number of halogens is 1. The monoisotopic (exact) mass is 232 g/mol. The van der Waals surface area contributed by atoms with Gasteiger partial charge in [0.1, 0.15) is 5.03 Å². The van der Waals surface area contributed by atoms with Crippen molar-refractivity contribution < 1.29 is 0 Å². The minimum Gasteiger partial charge on any atom is -0.397 e. The molecule has 0 atom stereocenters. The van der Waals surface area contributed by atoms with Crippen molar-refractivity contribution in [3.63, 3.8) is 0 Å². The second kappa shape index (κ2) is 3.97. The molecule has 4 heteroatoms. The van der Waals surface area contributed by atoms with Crippen LogP contribution in [-0.2, 0) is 0 Å². The molecule has 0 aromatic carbocycles. The van der Waals surface area contributed by atoms with E-state index in [1.807, 2.05) is 6.07 Å². The van der Waals surface area contributed by atoms with Gasteiger partial charge in [-0.25, -0.2) is 4.98 Å². The Morgan fingerprint density at radius 3 is 3.00 bits per heavy atom. The third kappa shape index (κ3) is 2.38. The molecule has 60 valence electrons. The fraction of sp³-hybridized carbons (Fsp3) is 0.286. The highest BCUT2D eigenvalue weighted by molar-refractivity contribution is 9.10. The lowest BCUT2D eigenvalue weighted by atomic mass is 10.4.